The molecule has 7 N–H and O–H groups in total. The number of aliphatic hydroxyl groups is 2. The Morgan fingerprint density at radius 2 is 2.05 bits per heavy atom. The van der Waals surface area contributed by atoms with Crippen LogP contribution in [0, 0.1) is 5.92 Å². The van der Waals surface area contributed by atoms with Gasteiger partial charge in [0.25, 0.3) is 0 Å². The highest BCUT2D eigenvalue weighted by Crippen LogP contribution is 2.19. The van der Waals surface area contributed by atoms with E-state index in [1.54, 1.807) is 0 Å². The van der Waals surface area contributed by atoms with Crippen LogP contribution in [0.5, 0.6) is 0 Å². The van der Waals surface area contributed by atoms with Gasteiger partial charge in [0, 0.05) is 12.0 Å². The molecule has 1 aliphatic carbocycles. The Morgan fingerprint density at radius 3 is 2.50 bits per heavy atom. The summed E-state index contributed by atoms with van der Waals surface area (Å²) in [5, 5.41) is 21.7. The smallest absolute Gasteiger partial charge is 0.247 e. The molecular weight excluding hydrogens is 262 g/mol. The summed E-state index contributed by atoms with van der Waals surface area (Å²) in [6.07, 6.45) is -0.346. The third kappa shape index (κ3) is 4.29. The van der Waals surface area contributed by atoms with Crippen molar-refractivity contribution in [3.63, 3.8) is 0 Å². The summed E-state index contributed by atoms with van der Waals surface area (Å²) in [6, 6.07) is -1.57. The summed E-state index contributed by atoms with van der Waals surface area (Å²) in [5.41, 5.74) is 11.1. The molecule has 114 valence electrons. The summed E-state index contributed by atoms with van der Waals surface area (Å²) in [4.78, 5) is 23.4. The Bertz CT molecular complexity index is 408. The van der Waals surface area contributed by atoms with Crippen LogP contribution in [0.1, 0.15) is 26.7 Å². The number of nitrogens with one attached hydrogen (secondary N) is 1. The number of hydrogen-bond donors (Lipinski definition) is 5. The third-order valence-electron chi connectivity index (χ3n) is 3.26. The summed E-state index contributed by atoms with van der Waals surface area (Å²) < 4.78 is 0. The van der Waals surface area contributed by atoms with E-state index in [-0.39, 0.29) is 17.9 Å². The number of aliphatic hydroxyl groups excluding tert-OH is 2. The first-order valence-corrected chi connectivity index (χ1v) is 6.65. The molecule has 0 saturated heterocycles. The van der Waals surface area contributed by atoms with Gasteiger partial charge in [-0.05, 0) is 12.3 Å². The number of nitrogens with two attached hydrogens (primary N) is 2. The molecule has 0 aromatic heterocycles. The monoisotopic (exact) mass is 285 g/mol. The summed E-state index contributed by atoms with van der Waals surface area (Å²) in [7, 11) is 0. The van der Waals surface area contributed by atoms with Crippen LogP contribution in [0.3, 0.4) is 0 Å². The largest absolute Gasteiger partial charge is 0.390 e. The summed E-state index contributed by atoms with van der Waals surface area (Å²) in [5.74, 6) is -0.896. The van der Waals surface area contributed by atoms with Gasteiger partial charge in [-0.25, -0.2) is 0 Å². The van der Waals surface area contributed by atoms with Crippen LogP contribution in [0.25, 0.3) is 0 Å². The molecule has 4 atom stereocenters. The average Bonchev–Trinajstić information content (AvgIpc) is 2.33. The molecule has 0 aliphatic heterocycles. The average molecular weight is 285 g/mol. The molecule has 0 heterocycles. The van der Waals surface area contributed by atoms with E-state index < -0.39 is 36.1 Å². The Kier molecular flexibility index (Phi) is 5.67. The van der Waals surface area contributed by atoms with Gasteiger partial charge in [-0.3, -0.25) is 9.59 Å². The first-order valence-electron chi connectivity index (χ1n) is 6.65. The lowest BCUT2D eigenvalue weighted by Crippen LogP contribution is -2.49. The number of amides is 2. The van der Waals surface area contributed by atoms with Crippen LogP contribution in [-0.4, -0.2) is 46.3 Å². The maximum atomic E-state index is 12.1. The topological polar surface area (TPSA) is 139 Å². The molecule has 1 rings (SSSR count). The van der Waals surface area contributed by atoms with Crippen LogP contribution >= 0.6 is 0 Å². The molecule has 0 spiro atoms. The normalized spacial score (nSPS) is 27.9. The van der Waals surface area contributed by atoms with Crippen molar-refractivity contribution in [2.45, 2.75) is 51.0 Å². The lowest BCUT2D eigenvalue weighted by atomic mass is 9.90. The van der Waals surface area contributed by atoms with Crippen LogP contribution in [-0.2, 0) is 9.59 Å². The summed E-state index contributed by atoms with van der Waals surface area (Å²) in [6.45, 7) is 3.83. The molecule has 20 heavy (non-hydrogen) atoms. The highest BCUT2D eigenvalue weighted by Gasteiger charge is 2.31. The predicted octanol–water partition coefficient (Wildman–Crippen LogP) is -1.62. The maximum Gasteiger partial charge on any atom is 0.247 e. The van der Waals surface area contributed by atoms with Crippen molar-refractivity contribution in [1.82, 2.24) is 5.32 Å². The summed E-state index contributed by atoms with van der Waals surface area (Å²) >= 11 is 0. The Balaban J connectivity index is 2.74. The van der Waals surface area contributed by atoms with E-state index >= 15 is 0 Å². The van der Waals surface area contributed by atoms with Gasteiger partial charge in [0.05, 0.1) is 18.2 Å². The molecule has 4 unspecified atom stereocenters. The van der Waals surface area contributed by atoms with Crippen LogP contribution in [0.2, 0.25) is 0 Å². The first-order chi connectivity index (χ1) is 9.22. The van der Waals surface area contributed by atoms with Crippen molar-refractivity contribution in [3.05, 3.63) is 11.6 Å². The SMILES string of the molecule is CC(C)CC(NC(=O)C1=CC(N)C(O)C(O)C1)C(N)=O. The fourth-order valence-electron chi connectivity index (χ4n) is 2.14. The molecule has 7 heteroatoms. The lowest BCUT2D eigenvalue weighted by Gasteiger charge is -2.28. The van der Waals surface area contributed by atoms with E-state index in [0.717, 1.165) is 0 Å². The number of hydrogen-bond acceptors (Lipinski definition) is 5. The minimum absolute atomic E-state index is 0.00609. The molecule has 0 fully saturated rings. The van der Waals surface area contributed by atoms with Crippen molar-refractivity contribution in [3.8, 4) is 0 Å². The standard InChI is InChI=1S/C13H23N3O4/c1-6(2)3-9(12(15)19)16-13(20)7-4-8(14)11(18)10(17)5-7/h4,6,8-11,17-18H,3,5,14H2,1-2H3,(H2,15,19)(H,16,20). The van der Waals surface area contributed by atoms with Crippen molar-refractivity contribution in [2.75, 3.05) is 0 Å². The van der Waals surface area contributed by atoms with Gasteiger partial charge in [-0.2, -0.15) is 0 Å². The molecule has 0 bridgehead atoms. The van der Waals surface area contributed by atoms with Gasteiger partial charge in [0.1, 0.15) is 6.04 Å². The minimum atomic E-state index is -1.09. The highest BCUT2D eigenvalue weighted by molar-refractivity contribution is 5.97. The second-order valence-electron chi connectivity index (χ2n) is 5.59. The third-order valence-corrected chi connectivity index (χ3v) is 3.26. The van der Waals surface area contributed by atoms with Gasteiger partial charge in [-0.15, -0.1) is 0 Å². The molecule has 0 aromatic rings. The van der Waals surface area contributed by atoms with Gasteiger partial charge in [-0.1, -0.05) is 19.9 Å². The highest BCUT2D eigenvalue weighted by atomic mass is 16.3. The number of primary amides is 1. The Morgan fingerprint density at radius 1 is 1.45 bits per heavy atom. The lowest BCUT2D eigenvalue weighted by molar-refractivity contribution is -0.126. The van der Waals surface area contributed by atoms with E-state index in [1.165, 1.54) is 6.08 Å². The zero-order valence-corrected chi connectivity index (χ0v) is 11.7. The second-order valence-corrected chi connectivity index (χ2v) is 5.59. The molecule has 0 saturated carbocycles. The van der Waals surface area contributed by atoms with Crippen molar-refractivity contribution in [1.29, 1.82) is 0 Å². The van der Waals surface area contributed by atoms with E-state index in [4.69, 9.17) is 11.5 Å². The fourth-order valence-corrected chi connectivity index (χ4v) is 2.14. The van der Waals surface area contributed by atoms with E-state index in [0.29, 0.717) is 6.42 Å². The second kappa shape index (κ2) is 6.83. The predicted molar refractivity (Wildman–Crippen MR) is 73.3 cm³/mol. The van der Waals surface area contributed by atoms with E-state index in [2.05, 4.69) is 5.32 Å². The van der Waals surface area contributed by atoms with Crippen molar-refractivity contribution < 1.29 is 19.8 Å². The number of carbonyl (C=O) groups is 2. The quantitative estimate of drug-likeness (QED) is 0.413. The molecular formula is C13H23N3O4. The van der Waals surface area contributed by atoms with Crippen LogP contribution < -0.4 is 16.8 Å². The molecule has 7 nitrogen and oxygen atoms in total. The number of rotatable bonds is 5. The molecule has 0 radical (unpaired) electrons. The fraction of sp³-hybridized carbons (Fsp3) is 0.692. The molecule has 0 aromatic carbocycles. The van der Waals surface area contributed by atoms with E-state index in [1.807, 2.05) is 13.8 Å². The minimum Gasteiger partial charge on any atom is -0.390 e. The zero-order chi connectivity index (χ0) is 15.4. The Hall–Kier alpha value is -1.44. The van der Waals surface area contributed by atoms with Crippen LogP contribution in [0.15, 0.2) is 11.6 Å². The van der Waals surface area contributed by atoms with Gasteiger partial charge >= 0.3 is 0 Å². The van der Waals surface area contributed by atoms with Crippen molar-refractivity contribution >= 4 is 11.8 Å². The molecule has 1 aliphatic rings. The van der Waals surface area contributed by atoms with Gasteiger partial charge < -0.3 is 27.0 Å². The van der Waals surface area contributed by atoms with Crippen molar-refractivity contribution in [2.24, 2.45) is 17.4 Å². The molecule has 2 amide bonds. The first kappa shape index (κ1) is 16.6. The zero-order valence-electron chi connectivity index (χ0n) is 11.7. The van der Waals surface area contributed by atoms with Crippen LogP contribution in [0.4, 0.5) is 0 Å². The van der Waals surface area contributed by atoms with E-state index in [9.17, 15) is 19.8 Å². The van der Waals surface area contributed by atoms with Gasteiger partial charge in [0.2, 0.25) is 11.8 Å². The van der Waals surface area contributed by atoms with Gasteiger partial charge in [0.15, 0.2) is 0 Å². The number of carbonyl (C=O) groups excluding carboxylic acids is 2. The maximum absolute atomic E-state index is 12.1. The Labute approximate surface area is 118 Å².